The summed E-state index contributed by atoms with van der Waals surface area (Å²) >= 11 is 0. The van der Waals surface area contributed by atoms with E-state index in [0.29, 0.717) is 26.1 Å². The number of ether oxygens (including phenoxy) is 1. The topological polar surface area (TPSA) is 107 Å². The molecule has 1 rings (SSSR count). The van der Waals surface area contributed by atoms with Crippen LogP contribution in [0.3, 0.4) is 0 Å². The first-order valence-corrected chi connectivity index (χ1v) is 4.02. The fraction of sp³-hybridized carbons (Fsp3) is 0.714. The van der Waals surface area contributed by atoms with Gasteiger partial charge in [0, 0.05) is 13.2 Å². The van der Waals surface area contributed by atoms with Gasteiger partial charge < -0.3 is 16.2 Å². The van der Waals surface area contributed by atoms with Crippen LogP contribution in [-0.2, 0) is 9.53 Å². The molecule has 5 N–H and O–H groups in total. The van der Waals surface area contributed by atoms with E-state index < -0.39 is 17.5 Å². The van der Waals surface area contributed by atoms with Crippen LogP contribution < -0.4 is 16.8 Å². The lowest BCUT2D eigenvalue weighted by Crippen LogP contribution is -2.58. The summed E-state index contributed by atoms with van der Waals surface area (Å²) in [5.74, 6) is -0.525. The first-order valence-electron chi connectivity index (χ1n) is 4.02. The van der Waals surface area contributed by atoms with Crippen LogP contribution in [0, 0.1) is 0 Å². The van der Waals surface area contributed by atoms with Crippen LogP contribution in [0.25, 0.3) is 0 Å². The number of carbonyl (C=O) groups excluding carboxylic acids is 2. The van der Waals surface area contributed by atoms with Crippen LogP contribution in [0.2, 0.25) is 0 Å². The fourth-order valence-corrected chi connectivity index (χ4v) is 1.20. The molecule has 1 saturated heterocycles. The maximum atomic E-state index is 11.3. The van der Waals surface area contributed by atoms with E-state index in [-0.39, 0.29) is 0 Å². The molecule has 0 unspecified atom stereocenters. The number of primary amides is 1. The number of rotatable bonds is 1. The first-order chi connectivity index (χ1) is 6.04. The highest BCUT2D eigenvalue weighted by atomic mass is 16.5. The molecular formula is C7H13N3O3. The second-order valence-electron chi connectivity index (χ2n) is 3.09. The number of nitrogens with two attached hydrogens (primary N) is 2. The minimum absolute atomic E-state index is 0.409. The largest absolute Gasteiger partial charge is 0.381 e. The Morgan fingerprint density at radius 3 is 2.31 bits per heavy atom. The van der Waals surface area contributed by atoms with Gasteiger partial charge in [0.2, 0.25) is 5.91 Å². The predicted octanol–water partition coefficient (Wildman–Crippen LogP) is -1.31. The maximum absolute atomic E-state index is 11.3. The molecule has 74 valence electrons. The molecule has 1 aliphatic rings. The van der Waals surface area contributed by atoms with Crippen molar-refractivity contribution >= 4 is 11.9 Å². The Hall–Kier alpha value is -1.14. The van der Waals surface area contributed by atoms with Crippen molar-refractivity contribution in [1.29, 1.82) is 0 Å². The van der Waals surface area contributed by atoms with Crippen LogP contribution in [0.15, 0.2) is 0 Å². The predicted molar refractivity (Wildman–Crippen MR) is 44.7 cm³/mol. The molecule has 1 fully saturated rings. The highest BCUT2D eigenvalue weighted by Gasteiger charge is 2.36. The Bertz CT molecular complexity index is 223. The summed E-state index contributed by atoms with van der Waals surface area (Å²) in [6.45, 7) is 0.866. The van der Waals surface area contributed by atoms with Gasteiger partial charge in [0.05, 0.1) is 0 Å². The summed E-state index contributed by atoms with van der Waals surface area (Å²) in [4.78, 5) is 21.7. The molecule has 1 aliphatic heterocycles. The minimum Gasteiger partial charge on any atom is -0.381 e. The lowest BCUT2D eigenvalue weighted by Gasteiger charge is -2.31. The van der Waals surface area contributed by atoms with Crippen LogP contribution in [0.1, 0.15) is 12.8 Å². The zero-order chi connectivity index (χ0) is 9.90. The number of hydrogen-bond donors (Lipinski definition) is 3. The van der Waals surface area contributed by atoms with E-state index >= 15 is 0 Å². The zero-order valence-electron chi connectivity index (χ0n) is 7.21. The fourth-order valence-electron chi connectivity index (χ4n) is 1.20. The third-order valence-electron chi connectivity index (χ3n) is 2.07. The molecule has 0 bridgehead atoms. The average molecular weight is 187 g/mol. The molecule has 0 saturated carbocycles. The van der Waals surface area contributed by atoms with Gasteiger partial charge in [0.15, 0.2) is 0 Å². The standard InChI is InChI=1S/C7H13N3O3/c8-6(12)10-5(11)7(9)1-3-13-4-2-7/h1-4,9H2,(H3,8,10,11,12). The molecule has 0 aliphatic carbocycles. The Morgan fingerprint density at radius 1 is 1.31 bits per heavy atom. The number of amides is 3. The average Bonchev–Trinajstić information content (AvgIpc) is 2.04. The molecule has 0 aromatic rings. The number of nitrogens with one attached hydrogen (secondary N) is 1. The van der Waals surface area contributed by atoms with Crippen LogP contribution in [-0.4, -0.2) is 30.7 Å². The van der Waals surface area contributed by atoms with Gasteiger partial charge in [-0.2, -0.15) is 0 Å². The third kappa shape index (κ3) is 2.40. The number of urea groups is 1. The van der Waals surface area contributed by atoms with Crippen molar-refractivity contribution in [3.05, 3.63) is 0 Å². The lowest BCUT2D eigenvalue weighted by molar-refractivity contribution is -0.128. The molecule has 6 nitrogen and oxygen atoms in total. The van der Waals surface area contributed by atoms with E-state index in [2.05, 4.69) is 0 Å². The Labute approximate surface area is 75.6 Å². The van der Waals surface area contributed by atoms with E-state index in [4.69, 9.17) is 16.2 Å². The van der Waals surface area contributed by atoms with Crippen molar-refractivity contribution in [3.8, 4) is 0 Å². The van der Waals surface area contributed by atoms with Gasteiger partial charge >= 0.3 is 6.03 Å². The molecule has 0 spiro atoms. The lowest BCUT2D eigenvalue weighted by atomic mass is 9.90. The van der Waals surface area contributed by atoms with Gasteiger partial charge in [-0.05, 0) is 12.8 Å². The van der Waals surface area contributed by atoms with Crippen molar-refractivity contribution in [2.24, 2.45) is 11.5 Å². The molecular weight excluding hydrogens is 174 g/mol. The van der Waals surface area contributed by atoms with Crippen LogP contribution >= 0.6 is 0 Å². The summed E-state index contributed by atoms with van der Waals surface area (Å²) in [5.41, 5.74) is 9.55. The van der Waals surface area contributed by atoms with Crippen LogP contribution in [0.4, 0.5) is 4.79 Å². The smallest absolute Gasteiger partial charge is 0.318 e. The van der Waals surface area contributed by atoms with Crippen molar-refractivity contribution < 1.29 is 14.3 Å². The highest BCUT2D eigenvalue weighted by Crippen LogP contribution is 2.17. The van der Waals surface area contributed by atoms with E-state index in [9.17, 15) is 9.59 Å². The minimum atomic E-state index is -1.01. The Kier molecular flexibility index (Phi) is 2.84. The molecule has 0 atom stereocenters. The Morgan fingerprint density at radius 2 is 1.85 bits per heavy atom. The molecule has 1 heterocycles. The number of carbonyl (C=O) groups is 2. The summed E-state index contributed by atoms with van der Waals surface area (Å²) in [6.07, 6.45) is 0.818. The molecule has 3 amide bonds. The normalized spacial score (nSPS) is 20.7. The maximum Gasteiger partial charge on any atom is 0.318 e. The van der Waals surface area contributed by atoms with Crippen molar-refractivity contribution in [2.75, 3.05) is 13.2 Å². The van der Waals surface area contributed by atoms with Crippen molar-refractivity contribution in [2.45, 2.75) is 18.4 Å². The summed E-state index contributed by atoms with van der Waals surface area (Å²) in [6, 6.07) is -0.874. The van der Waals surface area contributed by atoms with Gasteiger partial charge in [-0.15, -0.1) is 0 Å². The molecule has 13 heavy (non-hydrogen) atoms. The summed E-state index contributed by atoms with van der Waals surface area (Å²) in [7, 11) is 0. The van der Waals surface area contributed by atoms with Crippen molar-refractivity contribution in [3.63, 3.8) is 0 Å². The monoisotopic (exact) mass is 187 g/mol. The van der Waals surface area contributed by atoms with Gasteiger partial charge in [0.1, 0.15) is 5.54 Å². The third-order valence-corrected chi connectivity index (χ3v) is 2.07. The van der Waals surface area contributed by atoms with E-state index in [1.165, 1.54) is 0 Å². The second-order valence-corrected chi connectivity index (χ2v) is 3.09. The van der Waals surface area contributed by atoms with E-state index in [1.807, 2.05) is 5.32 Å². The van der Waals surface area contributed by atoms with Gasteiger partial charge in [-0.1, -0.05) is 0 Å². The summed E-state index contributed by atoms with van der Waals surface area (Å²) < 4.78 is 5.04. The quantitative estimate of drug-likeness (QED) is 0.473. The van der Waals surface area contributed by atoms with E-state index in [0.717, 1.165) is 0 Å². The SMILES string of the molecule is NC(=O)NC(=O)C1(N)CCOCC1. The number of hydrogen-bond acceptors (Lipinski definition) is 4. The second kappa shape index (κ2) is 3.71. The van der Waals surface area contributed by atoms with Gasteiger partial charge in [0.25, 0.3) is 0 Å². The Balaban J connectivity index is 2.56. The van der Waals surface area contributed by atoms with Crippen molar-refractivity contribution in [1.82, 2.24) is 5.32 Å². The van der Waals surface area contributed by atoms with Gasteiger partial charge in [-0.25, -0.2) is 4.79 Å². The van der Waals surface area contributed by atoms with E-state index in [1.54, 1.807) is 0 Å². The number of imide groups is 1. The first kappa shape index (κ1) is 9.94. The zero-order valence-corrected chi connectivity index (χ0v) is 7.21. The molecule has 6 heteroatoms. The highest BCUT2D eigenvalue weighted by molar-refractivity contribution is 5.98. The molecule has 0 radical (unpaired) electrons. The molecule has 0 aromatic carbocycles. The summed E-state index contributed by atoms with van der Waals surface area (Å²) in [5, 5.41) is 1.97. The molecule has 0 aromatic heterocycles. The van der Waals surface area contributed by atoms with Gasteiger partial charge in [-0.3, -0.25) is 10.1 Å². The van der Waals surface area contributed by atoms with Crippen LogP contribution in [0.5, 0.6) is 0 Å².